The number of nitrogens with zero attached hydrogens (tertiary/aromatic N) is 2. The molecule has 20 heavy (non-hydrogen) atoms. The maximum Gasteiger partial charge on any atom is 0.416 e. The van der Waals surface area contributed by atoms with Gasteiger partial charge in [0.25, 0.3) is 0 Å². The number of aliphatic hydroxyl groups is 1. The molecule has 1 atom stereocenters. The summed E-state index contributed by atoms with van der Waals surface area (Å²) in [5.74, 6) is 0.830. The van der Waals surface area contributed by atoms with Crippen molar-refractivity contribution in [3.8, 4) is 0 Å². The van der Waals surface area contributed by atoms with Crippen LogP contribution in [0.3, 0.4) is 0 Å². The third kappa shape index (κ3) is 3.39. The van der Waals surface area contributed by atoms with Gasteiger partial charge in [0.05, 0.1) is 11.7 Å². The van der Waals surface area contributed by atoms with E-state index in [1.165, 1.54) is 12.1 Å². The molecule has 0 amide bonds. The molecular weight excluding hydrogens is 269 g/mol. The Labute approximate surface area is 114 Å². The Morgan fingerprint density at radius 1 is 1.25 bits per heavy atom. The lowest BCUT2D eigenvalue weighted by atomic mass is 10.0. The van der Waals surface area contributed by atoms with E-state index >= 15 is 0 Å². The fourth-order valence-corrected chi connectivity index (χ4v) is 1.96. The minimum Gasteiger partial charge on any atom is -0.388 e. The maximum absolute atomic E-state index is 12.4. The van der Waals surface area contributed by atoms with E-state index in [1.54, 1.807) is 12.4 Å². The summed E-state index contributed by atoms with van der Waals surface area (Å²) < 4.78 is 39.1. The molecule has 0 saturated heterocycles. The molecule has 2 rings (SSSR count). The van der Waals surface area contributed by atoms with E-state index in [0.717, 1.165) is 18.0 Å². The van der Waals surface area contributed by atoms with Crippen LogP contribution >= 0.6 is 0 Å². The molecule has 6 heteroatoms. The first kappa shape index (κ1) is 14.6. The van der Waals surface area contributed by atoms with Crippen LogP contribution in [0.5, 0.6) is 0 Å². The van der Waals surface area contributed by atoms with Gasteiger partial charge >= 0.3 is 6.18 Å². The summed E-state index contributed by atoms with van der Waals surface area (Å²) in [5.41, 5.74) is -0.232. The highest BCUT2D eigenvalue weighted by Gasteiger charge is 2.30. The van der Waals surface area contributed by atoms with Crippen LogP contribution in [0.25, 0.3) is 0 Å². The SMILES string of the molecule is Cn1ccnc1CCC(O)c1ccc(C(F)(F)F)cc1. The monoisotopic (exact) mass is 284 g/mol. The molecule has 1 N–H and O–H groups in total. The smallest absolute Gasteiger partial charge is 0.388 e. The van der Waals surface area contributed by atoms with E-state index in [2.05, 4.69) is 4.98 Å². The Morgan fingerprint density at radius 2 is 1.90 bits per heavy atom. The van der Waals surface area contributed by atoms with Gasteiger partial charge in [-0.1, -0.05) is 12.1 Å². The van der Waals surface area contributed by atoms with E-state index in [1.807, 2.05) is 11.6 Å². The first-order valence-electron chi connectivity index (χ1n) is 6.19. The molecule has 108 valence electrons. The number of hydrogen-bond acceptors (Lipinski definition) is 2. The molecule has 2 aromatic rings. The van der Waals surface area contributed by atoms with Crippen LogP contribution in [-0.4, -0.2) is 14.7 Å². The summed E-state index contributed by atoms with van der Waals surface area (Å²) in [6, 6.07) is 4.59. The topological polar surface area (TPSA) is 38.0 Å². The van der Waals surface area contributed by atoms with Gasteiger partial charge in [0.1, 0.15) is 5.82 Å². The zero-order valence-corrected chi connectivity index (χ0v) is 10.9. The Morgan fingerprint density at radius 3 is 2.40 bits per heavy atom. The van der Waals surface area contributed by atoms with Gasteiger partial charge in [-0.05, 0) is 24.1 Å². The minimum absolute atomic E-state index is 0.413. The lowest BCUT2D eigenvalue weighted by molar-refractivity contribution is -0.137. The number of imidazole rings is 1. The van der Waals surface area contributed by atoms with Gasteiger partial charge in [-0.25, -0.2) is 4.98 Å². The minimum atomic E-state index is -4.35. The molecule has 0 aliphatic carbocycles. The van der Waals surface area contributed by atoms with Gasteiger partial charge in [0.15, 0.2) is 0 Å². The van der Waals surface area contributed by atoms with E-state index in [4.69, 9.17) is 0 Å². The fraction of sp³-hybridized carbons (Fsp3) is 0.357. The molecule has 1 unspecified atom stereocenters. The van der Waals surface area contributed by atoms with Crippen molar-refractivity contribution in [1.82, 2.24) is 9.55 Å². The normalized spacial score (nSPS) is 13.4. The molecule has 3 nitrogen and oxygen atoms in total. The largest absolute Gasteiger partial charge is 0.416 e. The Kier molecular flexibility index (Phi) is 4.13. The Balaban J connectivity index is 1.99. The van der Waals surface area contributed by atoms with Crippen LogP contribution in [0.4, 0.5) is 13.2 Å². The van der Waals surface area contributed by atoms with E-state index in [0.29, 0.717) is 18.4 Å². The summed E-state index contributed by atoms with van der Waals surface area (Å²) >= 11 is 0. The summed E-state index contributed by atoms with van der Waals surface area (Å²) in [6.07, 6.45) is -0.702. The Hall–Kier alpha value is -1.82. The van der Waals surface area contributed by atoms with Crippen molar-refractivity contribution in [2.45, 2.75) is 25.1 Å². The van der Waals surface area contributed by atoms with E-state index in [-0.39, 0.29) is 0 Å². The van der Waals surface area contributed by atoms with Crippen LogP contribution in [-0.2, 0) is 19.6 Å². The fourth-order valence-electron chi connectivity index (χ4n) is 1.96. The van der Waals surface area contributed by atoms with Crippen LogP contribution in [0, 0.1) is 0 Å². The third-order valence-electron chi connectivity index (χ3n) is 3.19. The molecule has 0 aliphatic heterocycles. The van der Waals surface area contributed by atoms with Crippen molar-refractivity contribution in [2.75, 3.05) is 0 Å². The summed E-state index contributed by atoms with van der Waals surface area (Å²) in [5, 5.41) is 9.99. The van der Waals surface area contributed by atoms with Crippen molar-refractivity contribution in [2.24, 2.45) is 7.05 Å². The Bertz CT molecular complexity index is 561. The molecule has 0 aliphatic rings. The highest BCUT2D eigenvalue weighted by atomic mass is 19.4. The lowest BCUT2D eigenvalue weighted by Crippen LogP contribution is -2.06. The van der Waals surface area contributed by atoms with Crippen LogP contribution in [0.2, 0.25) is 0 Å². The first-order valence-corrected chi connectivity index (χ1v) is 6.19. The lowest BCUT2D eigenvalue weighted by Gasteiger charge is -2.12. The average Bonchev–Trinajstić information content (AvgIpc) is 2.81. The maximum atomic E-state index is 12.4. The first-order chi connectivity index (χ1) is 9.38. The van der Waals surface area contributed by atoms with Gasteiger partial charge in [-0.15, -0.1) is 0 Å². The molecule has 1 aromatic carbocycles. The third-order valence-corrected chi connectivity index (χ3v) is 3.19. The summed E-state index contributed by atoms with van der Waals surface area (Å²) in [7, 11) is 1.85. The number of rotatable bonds is 4. The zero-order chi connectivity index (χ0) is 14.8. The number of aryl methyl sites for hydroxylation is 2. The molecule has 1 heterocycles. The van der Waals surface area contributed by atoms with Crippen molar-refractivity contribution in [1.29, 1.82) is 0 Å². The molecule has 0 radical (unpaired) electrons. The number of aliphatic hydroxyl groups excluding tert-OH is 1. The van der Waals surface area contributed by atoms with Gasteiger partial charge in [-0.2, -0.15) is 13.2 Å². The average molecular weight is 284 g/mol. The van der Waals surface area contributed by atoms with Crippen molar-refractivity contribution in [3.63, 3.8) is 0 Å². The van der Waals surface area contributed by atoms with Crippen LogP contribution < -0.4 is 0 Å². The molecule has 0 fully saturated rings. The van der Waals surface area contributed by atoms with E-state index < -0.39 is 17.8 Å². The van der Waals surface area contributed by atoms with Gasteiger partial charge in [-0.3, -0.25) is 0 Å². The highest BCUT2D eigenvalue weighted by molar-refractivity contribution is 5.26. The van der Waals surface area contributed by atoms with Gasteiger partial charge < -0.3 is 9.67 Å². The number of aromatic nitrogens is 2. The number of alkyl halides is 3. The number of benzene rings is 1. The predicted molar refractivity (Wildman–Crippen MR) is 67.9 cm³/mol. The van der Waals surface area contributed by atoms with Crippen molar-refractivity contribution in [3.05, 3.63) is 53.6 Å². The second-order valence-electron chi connectivity index (χ2n) is 4.63. The molecule has 1 aromatic heterocycles. The summed E-state index contributed by atoms with van der Waals surface area (Å²) in [4.78, 5) is 4.13. The zero-order valence-electron chi connectivity index (χ0n) is 10.9. The summed E-state index contributed by atoms with van der Waals surface area (Å²) in [6.45, 7) is 0. The van der Waals surface area contributed by atoms with Gasteiger partial charge in [0, 0.05) is 25.9 Å². The van der Waals surface area contributed by atoms with Crippen LogP contribution in [0.15, 0.2) is 36.7 Å². The second kappa shape index (κ2) is 5.66. The molecular formula is C14H15F3N2O. The number of halogens is 3. The van der Waals surface area contributed by atoms with Crippen LogP contribution in [0.1, 0.15) is 29.5 Å². The van der Waals surface area contributed by atoms with E-state index in [9.17, 15) is 18.3 Å². The highest BCUT2D eigenvalue weighted by Crippen LogP contribution is 2.30. The second-order valence-corrected chi connectivity index (χ2v) is 4.63. The van der Waals surface area contributed by atoms with Gasteiger partial charge in [0.2, 0.25) is 0 Å². The molecule has 0 bridgehead atoms. The molecule has 0 spiro atoms. The number of hydrogen-bond donors (Lipinski definition) is 1. The predicted octanol–water partition coefficient (Wildman–Crippen LogP) is 3.11. The standard InChI is InChI=1S/C14H15F3N2O/c1-19-9-8-18-13(19)7-6-12(20)10-2-4-11(5-3-10)14(15,16)17/h2-5,8-9,12,20H,6-7H2,1H3. The van der Waals surface area contributed by atoms with Crippen molar-refractivity contribution >= 4 is 0 Å². The molecule has 0 saturated carbocycles. The van der Waals surface area contributed by atoms with Crippen molar-refractivity contribution < 1.29 is 18.3 Å². The quantitative estimate of drug-likeness (QED) is 0.936.